The number of nitrogens with one attached hydrogen (secondary N) is 2. The van der Waals surface area contributed by atoms with Gasteiger partial charge in [0.15, 0.2) is 5.13 Å². The number of anilines is 2. The van der Waals surface area contributed by atoms with Gasteiger partial charge in [-0.2, -0.15) is 0 Å². The molecule has 3 rings (SSSR count). The van der Waals surface area contributed by atoms with Crippen molar-refractivity contribution < 1.29 is 9.59 Å². The lowest BCUT2D eigenvalue weighted by atomic mass is 10.2. The van der Waals surface area contributed by atoms with Gasteiger partial charge in [0.1, 0.15) is 0 Å². The summed E-state index contributed by atoms with van der Waals surface area (Å²) < 4.78 is 0. The lowest BCUT2D eigenvalue weighted by Gasteiger charge is -2.09. The van der Waals surface area contributed by atoms with E-state index in [1.54, 1.807) is 6.07 Å². The molecule has 0 spiro atoms. The van der Waals surface area contributed by atoms with Gasteiger partial charge in [-0.15, -0.1) is 23.1 Å². The highest BCUT2D eigenvalue weighted by Crippen LogP contribution is 2.26. The second-order valence-corrected chi connectivity index (χ2v) is 8.76. The van der Waals surface area contributed by atoms with E-state index in [2.05, 4.69) is 29.5 Å². The van der Waals surface area contributed by atoms with Gasteiger partial charge in [-0.25, -0.2) is 4.98 Å². The van der Waals surface area contributed by atoms with Gasteiger partial charge < -0.3 is 5.32 Å². The Balaban J connectivity index is 1.62. The Morgan fingerprint density at radius 3 is 2.48 bits per heavy atom. The van der Waals surface area contributed by atoms with Crippen molar-refractivity contribution in [1.29, 1.82) is 0 Å². The Hall–Kier alpha value is -2.64. The first-order valence-corrected chi connectivity index (χ1v) is 11.1. The van der Waals surface area contributed by atoms with Crippen molar-refractivity contribution in [2.75, 3.05) is 16.4 Å². The first-order valence-electron chi connectivity index (χ1n) is 9.27. The van der Waals surface area contributed by atoms with Gasteiger partial charge in [-0.05, 0) is 37.1 Å². The van der Waals surface area contributed by atoms with E-state index in [1.165, 1.54) is 23.1 Å². The monoisotopic (exact) mass is 425 g/mol. The number of rotatable bonds is 7. The van der Waals surface area contributed by atoms with E-state index in [4.69, 9.17) is 0 Å². The molecule has 29 heavy (non-hydrogen) atoms. The van der Waals surface area contributed by atoms with Crippen molar-refractivity contribution in [3.05, 3.63) is 70.7 Å². The molecule has 0 saturated heterocycles. The molecule has 2 aromatic carbocycles. The number of hydrogen-bond donors (Lipinski definition) is 2. The summed E-state index contributed by atoms with van der Waals surface area (Å²) in [5, 5.41) is 8.27. The van der Waals surface area contributed by atoms with Gasteiger partial charge >= 0.3 is 0 Å². The number of aryl methyl sites for hydroxylation is 1. The van der Waals surface area contributed by atoms with Crippen LogP contribution in [0.4, 0.5) is 10.8 Å². The Bertz CT molecular complexity index is 997. The molecule has 1 heterocycles. The van der Waals surface area contributed by atoms with Crippen LogP contribution in [0.2, 0.25) is 0 Å². The summed E-state index contributed by atoms with van der Waals surface area (Å²) in [7, 11) is 0. The SMILES string of the molecule is Cc1ccc(NC(=O)CSc2ccccc2C(=O)Nc2nc(C(C)C)cs2)cc1. The lowest BCUT2D eigenvalue weighted by Crippen LogP contribution is -2.16. The minimum Gasteiger partial charge on any atom is -0.325 e. The average Bonchev–Trinajstić information content (AvgIpc) is 3.17. The molecule has 0 bridgehead atoms. The third kappa shape index (κ3) is 5.92. The van der Waals surface area contributed by atoms with E-state index >= 15 is 0 Å². The average molecular weight is 426 g/mol. The summed E-state index contributed by atoms with van der Waals surface area (Å²) in [6.07, 6.45) is 0. The molecule has 0 aliphatic heterocycles. The highest BCUT2D eigenvalue weighted by molar-refractivity contribution is 8.00. The predicted molar refractivity (Wildman–Crippen MR) is 121 cm³/mol. The van der Waals surface area contributed by atoms with Crippen molar-refractivity contribution in [3.63, 3.8) is 0 Å². The number of aromatic nitrogens is 1. The Morgan fingerprint density at radius 2 is 1.79 bits per heavy atom. The number of hydrogen-bond acceptors (Lipinski definition) is 5. The largest absolute Gasteiger partial charge is 0.325 e. The fourth-order valence-corrected chi connectivity index (χ4v) is 4.25. The number of thioether (sulfide) groups is 1. The molecule has 0 fully saturated rings. The van der Waals surface area contributed by atoms with Crippen molar-refractivity contribution >= 4 is 45.7 Å². The second-order valence-electron chi connectivity index (χ2n) is 6.89. The van der Waals surface area contributed by atoms with E-state index in [0.29, 0.717) is 16.6 Å². The summed E-state index contributed by atoms with van der Waals surface area (Å²) in [5.74, 6) is 0.187. The minimum absolute atomic E-state index is 0.115. The van der Waals surface area contributed by atoms with Crippen LogP contribution in [-0.4, -0.2) is 22.6 Å². The summed E-state index contributed by atoms with van der Waals surface area (Å²) in [6, 6.07) is 14.9. The maximum Gasteiger partial charge on any atom is 0.258 e. The van der Waals surface area contributed by atoms with E-state index in [-0.39, 0.29) is 17.6 Å². The molecule has 1 aromatic heterocycles. The number of carbonyl (C=O) groups is 2. The van der Waals surface area contributed by atoms with Crippen LogP contribution in [-0.2, 0) is 4.79 Å². The number of carbonyl (C=O) groups excluding carboxylic acids is 2. The summed E-state index contributed by atoms with van der Waals surface area (Å²) in [4.78, 5) is 30.2. The highest BCUT2D eigenvalue weighted by atomic mass is 32.2. The third-order valence-electron chi connectivity index (χ3n) is 4.16. The molecule has 2 N–H and O–H groups in total. The zero-order valence-corrected chi connectivity index (χ0v) is 18.2. The minimum atomic E-state index is -0.225. The van der Waals surface area contributed by atoms with Crippen LogP contribution >= 0.6 is 23.1 Å². The topological polar surface area (TPSA) is 71.1 Å². The summed E-state index contributed by atoms with van der Waals surface area (Å²) >= 11 is 2.75. The van der Waals surface area contributed by atoms with Crippen molar-refractivity contribution in [3.8, 4) is 0 Å². The van der Waals surface area contributed by atoms with Crippen molar-refractivity contribution in [1.82, 2.24) is 4.98 Å². The predicted octanol–water partition coefficient (Wildman–Crippen LogP) is 5.56. The normalized spacial score (nSPS) is 10.8. The summed E-state index contributed by atoms with van der Waals surface area (Å²) in [6.45, 7) is 6.13. The molecule has 0 radical (unpaired) electrons. The van der Waals surface area contributed by atoms with E-state index in [1.807, 2.05) is 54.8 Å². The second kappa shape index (κ2) is 9.71. The molecule has 5 nitrogen and oxygen atoms in total. The molecule has 0 unspecified atom stereocenters. The van der Waals surface area contributed by atoms with E-state index < -0.39 is 0 Å². The first kappa shape index (κ1) is 21.1. The molecule has 2 amide bonds. The number of amides is 2. The van der Waals surface area contributed by atoms with E-state index in [0.717, 1.165) is 21.8 Å². The first-order chi connectivity index (χ1) is 13.9. The Labute approximate surface area is 179 Å². The van der Waals surface area contributed by atoms with Crippen LogP contribution in [0.25, 0.3) is 0 Å². The van der Waals surface area contributed by atoms with E-state index in [9.17, 15) is 9.59 Å². The van der Waals surface area contributed by atoms with Crippen molar-refractivity contribution in [2.24, 2.45) is 0 Å². The third-order valence-corrected chi connectivity index (χ3v) is 6.01. The molecule has 3 aromatic rings. The van der Waals surface area contributed by atoms with Crippen LogP contribution in [0, 0.1) is 6.92 Å². The molecule has 0 atom stereocenters. The van der Waals surface area contributed by atoms with Gasteiger partial charge in [-0.1, -0.05) is 43.7 Å². The highest BCUT2D eigenvalue weighted by Gasteiger charge is 2.15. The fraction of sp³-hybridized carbons (Fsp3) is 0.227. The smallest absolute Gasteiger partial charge is 0.258 e. The van der Waals surface area contributed by atoms with Crippen LogP contribution < -0.4 is 10.6 Å². The summed E-state index contributed by atoms with van der Waals surface area (Å²) in [5.41, 5.74) is 3.39. The van der Waals surface area contributed by atoms with Gasteiger partial charge in [0, 0.05) is 16.0 Å². The van der Waals surface area contributed by atoms with Crippen LogP contribution in [0.3, 0.4) is 0 Å². The molecule has 0 aliphatic rings. The van der Waals surface area contributed by atoms with Gasteiger partial charge in [-0.3, -0.25) is 14.9 Å². The zero-order chi connectivity index (χ0) is 20.8. The maximum atomic E-state index is 12.7. The maximum absolute atomic E-state index is 12.7. The van der Waals surface area contributed by atoms with Crippen molar-refractivity contribution in [2.45, 2.75) is 31.6 Å². The molecule has 150 valence electrons. The number of nitrogens with zero attached hydrogens (tertiary/aromatic N) is 1. The molecule has 7 heteroatoms. The van der Waals surface area contributed by atoms with Crippen LogP contribution in [0.15, 0.2) is 58.8 Å². The van der Waals surface area contributed by atoms with Crippen LogP contribution in [0.1, 0.15) is 41.4 Å². The van der Waals surface area contributed by atoms with Gasteiger partial charge in [0.2, 0.25) is 5.91 Å². The number of thiazole rings is 1. The Kier molecular flexibility index (Phi) is 7.06. The van der Waals surface area contributed by atoms with Gasteiger partial charge in [0.05, 0.1) is 17.0 Å². The standard InChI is InChI=1S/C22H23N3O2S2/c1-14(2)18-12-29-22(24-18)25-21(27)17-6-4-5-7-19(17)28-13-20(26)23-16-10-8-15(3)9-11-16/h4-12,14H,13H2,1-3H3,(H,23,26)(H,24,25,27). The molecule has 0 aliphatic carbocycles. The number of benzene rings is 2. The molecule has 0 saturated carbocycles. The zero-order valence-electron chi connectivity index (χ0n) is 16.6. The fourth-order valence-electron chi connectivity index (χ4n) is 2.53. The Morgan fingerprint density at radius 1 is 1.07 bits per heavy atom. The molecular formula is C22H23N3O2S2. The van der Waals surface area contributed by atoms with Gasteiger partial charge in [0.25, 0.3) is 5.91 Å². The lowest BCUT2D eigenvalue weighted by molar-refractivity contribution is -0.113. The van der Waals surface area contributed by atoms with Crippen LogP contribution in [0.5, 0.6) is 0 Å². The molecular weight excluding hydrogens is 402 g/mol. The quantitative estimate of drug-likeness (QED) is 0.486.